The van der Waals surface area contributed by atoms with E-state index >= 15 is 0 Å². The Kier molecular flexibility index (Phi) is 7.02. The number of aryl methyl sites for hydroxylation is 2. The number of carbonyl (C=O) groups excluding carboxylic acids is 1. The summed E-state index contributed by atoms with van der Waals surface area (Å²) in [7, 11) is -3.59. The average Bonchev–Trinajstić information content (AvgIpc) is 2.64. The normalized spacial score (nSPS) is 12.4. The van der Waals surface area contributed by atoms with Crippen LogP contribution in [0.1, 0.15) is 43.0 Å². The fourth-order valence-corrected chi connectivity index (χ4v) is 3.91. The highest BCUT2D eigenvalue weighted by Gasteiger charge is 2.24. The van der Waals surface area contributed by atoms with Crippen LogP contribution in [0.3, 0.4) is 0 Å². The maximum Gasteiger partial charge on any atom is 0.241 e. The first-order valence-corrected chi connectivity index (χ1v) is 11.0. The van der Waals surface area contributed by atoms with Gasteiger partial charge >= 0.3 is 0 Å². The van der Waals surface area contributed by atoms with Crippen LogP contribution in [0.5, 0.6) is 0 Å². The van der Waals surface area contributed by atoms with Crippen LogP contribution < -0.4 is 9.62 Å². The lowest BCUT2D eigenvalue weighted by Gasteiger charge is -2.25. The van der Waals surface area contributed by atoms with E-state index in [0.29, 0.717) is 12.1 Å². The second-order valence-electron chi connectivity index (χ2n) is 6.69. The Morgan fingerprint density at radius 2 is 1.70 bits per heavy atom. The molecule has 0 spiro atoms. The lowest BCUT2D eigenvalue weighted by atomic mass is 10.0. The van der Waals surface area contributed by atoms with E-state index in [1.807, 2.05) is 57.2 Å². The van der Waals surface area contributed by atoms with Crippen LogP contribution in [-0.4, -0.2) is 27.1 Å². The Morgan fingerprint density at radius 1 is 1.07 bits per heavy atom. The van der Waals surface area contributed by atoms with Crippen molar-refractivity contribution in [2.24, 2.45) is 0 Å². The summed E-state index contributed by atoms with van der Waals surface area (Å²) in [6.45, 7) is 5.73. The number of hydrogen-bond donors (Lipinski definition) is 1. The molecule has 2 aromatic rings. The molecule has 0 bridgehead atoms. The predicted molar refractivity (Wildman–Crippen MR) is 110 cm³/mol. The fraction of sp³-hybridized carbons (Fsp3) is 0.381. The maximum absolute atomic E-state index is 12.7. The number of nitrogens with zero attached hydrogens (tertiary/aromatic N) is 1. The highest BCUT2D eigenvalue weighted by atomic mass is 32.2. The largest absolute Gasteiger partial charge is 0.348 e. The molecule has 2 aromatic carbocycles. The van der Waals surface area contributed by atoms with Crippen LogP contribution in [-0.2, 0) is 21.2 Å². The first-order chi connectivity index (χ1) is 12.8. The molecule has 0 saturated heterocycles. The summed E-state index contributed by atoms with van der Waals surface area (Å²) in [6.07, 6.45) is 2.54. The van der Waals surface area contributed by atoms with E-state index in [1.165, 1.54) is 4.31 Å². The molecule has 146 valence electrons. The van der Waals surface area contributed by atoms with E-state index in [9.17, 15) is 13.2 Å². The molecule has 0 fully saturated rings. The minimum absolute atomic E-state index is 0.152. The number of amides is 1. The van der Waals surface area contributed by atoms with Crippen molar-refractivity contribution in [2.45, 2.75) is 39.7 Å². The van der Waals surface area contributed by atoms with Crippen molar-refractivity contribution in [3.8, 4) is 0 Å². The smallest absolute Gasteiger partial charge is 0.241 e. The lowest BCUT2D eigenvalue weighted by Crippen LogP contribution is -2.41. The van der Waals surface area contributed by atoms with Gasteiger partial charge in [-0.1, -0.05) is 61.9 Å². The summed E-state index contributed by atoms with van der Waals surface area (Å²) in [5, 5.41) is 2.97. The average molecular weight is 389 g/mol. The van der Waals surface area contributed by atoms with Gasteiger partial charge in [-0.15, -0.1) is 0 Å². The molecule has 5 nitrogen and oxygen atoms in total. The van der Waals surface area contributed by atoms with Crippen LogP contribution in [0.2, 0.25) is 0 Å². The van der Waals surface area contributed by atoms with Crippen LogP contribution in [0.15, 0.2) is 48.5 Å². The van der Waals surface area contributed by atoms with Crippen molar-refractivity contribution in [1.82, 2.24) is 5.32 Å². The molecular weight excluding hydrogens is 360 g/mol. The highest BCUT2D eigenvalue weighted by Crippen LogP contribution is 2.23. The third kappa shape index (κ3) is 5.57. The molecule has 0 radical (unpaired) electrons. The van der Waals surface area contributed by atoms with E-state index in [4.69, 9.17) is 0 Å². The number of hydrogen-bond acceptors (Lipinski definition) is 3. The second kappa shape index (κ2) is 9.04. The molecule has 0 aliphatic rings. The van der Waals surface area contributed by atoms with Gasteiger partial charge < -0.3 is 5.32 Å². The van der Waals surface area contributed by atoms with Gasteiger partial charge in [0.15, 0.2) is 0 Å². The zero-order chi connectivity index (χ0) is 20.0. The van der Waals surface area contributed by atoms with Gasteiger partial charge in [-0.05, 0) is 37.0 Å². The molecule has 2 rings (SSSR count). The Balaban J connectivity index is 2.22. The Morgan fingerprint density at radius 3 is 2.26 bits per heavy atom. The molecular formula is C21H28N2O3S. The van der Waals surface area contributed by atoms with Crippen LogP contribution in [0.4, 0.5) is 5.69 Å². The van der Waals surface area contributed by atoms with Crippen molar-refractivity contribution >= 4 is 21.6 Å². The fourth-order valence-electron chi connectivity index (χ4n) is 3.02. The zero-order valence-electron chi connectivity index (χ0n) is 16.4. The van der Waals surface area contributed by atoms with Crippen molar-refractivity contribution in [2.75, 3.05) is 17.1 Å². The topological polar surface area (TPSA) is 66.5 Å². The first-order valence-electron chi connectivity index (χ1n) is 9.17. The number of anilines is 1. The Labute approximate surface area is 162 Å². The van der Waals surface area contributed by atoms with Gasteiger partial charge in [-0.25, -0.2) is 8.42 Å². The summed E-state index contributed by atoms with van der Waals surface area (Å²) in [6, 6.07) is 15.1. The summed E-state index contributed by atoms with van der Waals surface area (Å²) in [4.78, 5) is 12.7. The van der Waals surface area contributed by atoms with Crippen molar-refractivity contribution in [1.29, 1.82) is 0 Å². The van der Waals surface area contributed by atoms with Gasteiger partial charge in [0.05, 0.1) is 18.0 Å². The van der Waals surface area contributed by atoms with E-state index in [1.54, 1.807) is 12.1 Å². The number of para-hydroxylation sites is 1. The van der Waals surface area contributed by atoms with Gasteiger partial charge in [0.2, 0.25) is 15.9 Å². The molecule has 0 aliphatic heterocycles. The second-order valence-corrected chi connectivity index (χ2v) is 8.60. The number of carbonyl (C=O) groups is 1. The molecule has 6 heteroatoms. The Hall–Kier alpha value is -2.34. The number of rotatable bonds is 8. The minimum Gasteiger partial charge on any atom is -0.348 e. The van der Waals surface area contributed by atoms with Gasteiger partial charge in [0, 0.05) is 0 Å². The van der Waals surface area contributed by atoms with Gasteiger partial charge in [0.25, 0.3) is 0 Å². The molecule has 1 N–H and O–H groups in total. The molecule has 0 aliphatic carbocycles. The van der Waals surface area contributed by atoms with Crippen LogP contribution >= 0.6 is 0 Å². The molecule has 1 atom stereocenters. The molecule has 1 amide bonds. The number of sulfonamides is 1. The van der Waals surface area contributed by atoms with E-state index in [-0.39, 0.29) is 18.5 Å². The van der Waals surface area contributed by atoms with Crippen molar-refractivity contribution in [3.05, 3.63) is 65.2 Å². The predicted octanol–water partition coefficient (Wildman–Crippen LogP) is 3.59. The third-order valence-corrected chi connectivity index (χ3v) is 5.68. The number of benzene rings is 2. The lowest BCUT2D eigenvalue weighted by molar-refractivity contribution is -0.120. The zero-order valence-corrected chi connectivity index (χ0v) is 17.2. The van der Waals surface area contributed by atoms with E-state index in [2.05, 4.69) is 5.32 Å². The molecule has 0 aromatic heterocycles. The van der Waals surface area contributed by atoms with Gasteiger partial charge in [-0.3, -0.25) is 9.10 Å². The highest BCUT2D eigenvalue weighted by molar-refractivity contribution is 7.92. The van der Waals surface area contributed by atoms with Crippen molar-refractivity contribution < 1.29 is 13.2 Å². The first kappa shape index (κ1) is 21.0. The minimum atomic E-state index is -3.59. The summed E-state index contributed by atoms with van der Waals surface area (Å²) in [5.41, 5.74) is 3.61. The van der Waals surface area contributed by atoms with Gasteiger partial charge in [0.1, 0.15) is 6.54 Å². The Bertz CT molecular complexity index is 877. The molecule has 0 saturated carbocycles. The van der Waals surface area contributed by atoms with E-state index in [0.717, 1.165) is 29.4 Å². The maximum atomic E-state index is 12.7. The summed E-state index contributed by atoms with van der Waals surface area (Å²) < 4.78 is 25.9. The SMILES string of the molecule is CCc1ccccc1N(CC(=O)NC(CC)c1ccc(C)cc1)S(C)(=O)=O. The monoisotopic (exact) mass is 388 g/mol. The molecule has 1 unspecified atom stereocenters. The molecule has 0 heterocycles. The van der Waals surface area contributed by atoms with Crippen molar-refractivity contribution in [3.63, 3.8) is 0 Å². The molecule has 27 heavy (non-hydrogen) atoms. The van der Waals surface area contributed by atoms with Gasteiger partial charge in [-0.2, -0.15) is 0 Å². The van der Waals surface area contributed by atoms with Crippen LogP contribution in [0.25, 0.3) is 0 Å². The number of nitrogens with one attached hydrogen (secondary N) is 1. The van der Waals surface area contributed by atoms with Crippen LogP contribution in [0, 0.1) is 6.92 Å². The third-order valence-electron chi connectivity index (χ3n) is 4.55. The quantitative estimate of drug-likeness (QED) is 0.751. The summed E-state index contributed by atoms with van der Waals surface area (Å²) in [5.74, 6) is -0.321. The summed E-state index contributed by atoms with van der Waals surface area (Å²) >= 11 is 0. The standard InChI is InChI=1S/C21H28N2O3S/c1-5-17-9-7-8-10-20(17)23(27(4,25)26)15-21(24)22-19(6-2)18-13-11-16(3)12-14-18/h7-14,19H,5-6,15H2,1-4H3,(H,22,24). The van der Waals surface area contributed by atoms with E-state index < -0.39 is 10.0 Å².